The fourth-order valence-electron chi connectivity index (χ4n) is 1.31. The molecule has 0 saturated heterocycles. The second kappa shape index (κ2) is 5.58. The Morgan fingerprint density at radius 3 is 2.24 bits per heavy atom. The molecule has 0 aliphatic carbocycles. The molecular weight excluding hydrogens is 221 g/mol. The summed E-state index contributed by atoms with van der Waals surface area (Å²) in [6.07, 6.45) is -1.24. The van der Waals surface area contributed by atoms with Gasteiger partial charge in [0.25, 0.3) is 0 Å². The summed E-state index contributed by atoms with van der Waals surface area (Å²) >= 11 is 0. The quantitative estimate of drug-likeness (QED) is 0.734. The maximum absolute atomic E-state index is 12.7. The molecule has 96 valence electrons. The topological polar surface area (TPSA) is 52.5 Å². The van der Waals surface area contributed by atoms with Gasteiger partial charge >= 0.3 is 0 Å². The van der Waals surface area contributed by atoms with E-state index in [9.17, 15) is 14.6 Å². The molecule has 17 heavy (non-hydrogen) atoms. The van der Waals surface area contributed by atoms with E-state index in [0.29, 0.717) is 12.1 Å². The molecule has 0 bridgehead atoms. The lowest BCUT2D eigenvalue weighted by Gasteiger charge is -2.30. The number of halogens is 1. The van der Waals surface area contributed by atoms with E-state index >= 15 is 0 Å². The van der Waals surface area contributed by atoms with Crippen molar-refractivity contribution in [2.75, 3.05) is 6.54 Å². The third kappa shape index (κ3) is 4.07. The minimum atomic E-state index is -0.714. The Hall–Kier alpha value is -0.970. The largest absolute Gasteiger partial charge is 0.392 e. The summed E-state index contributed by atoms with van der Waals surface area (Å²) in [6, 6.07) is 5.74. The lowest BCUT2D eigenvalue weighted by molar-refractivity contribution is 0.0804. The van der Waals surface area contributed by atoms with Crippen molar-refractivity contribution in [3.05, 3.63) is 35.6 Å². The normalized spacial score (nSPS) is 15.6. The first kappa shape index (κ1) is 14.1. The Labute approximate surface area is 101 Å². The van der Waals surface area contributed by atoms with Gasteiger partial charge in [-0.15, -0.1) is 0 Å². The molecule has 0 aromatic heterocycles. The lowest BCUT2D eigenvalue weighted by atomic mass is 9.98. The zero-order chi connectivity index (χ0) is 13.1. The molecule has 0 radical (unpaired) electrons. The lowest BCUT2D eigenvalue weighted by Crippen LogP contribution is -2.49. The van der Waals surface area contributed by atoms with Crippen LogP contribution in [-0.4, -0.2) is 28.4 Å². The van der Waals surface area contributed by atoms with Crippen LogP contribution in [0.5, 0.6) is 0 Å². The third-order valence-corrected chi connectivity index (χ3v) is 3.05. The van der Waals surface area contributed by atoms with E-state index in [4.69, 9.17) is 0 Å². The molecule has 0 amide bonds. The first-order valence-corrected chi connectivity index (χ1v) is 5.69. The van der Waals surface area contributed by atoms with E-state index in [2.05, 4.69) is 5.32 Å². The molecule has 2 unspecified atom stereocenters. The molecule has 3 N–H and O–H groups in total. The number of hydrogen-bond donors (Lipinski definition) is 3. The zero-order valence-electron chi connectivity index (χ0n) is 10.4. The van der Waals surface area contributed by atoms with Crippen LogP contribution >= 0.6 is 0 Å². The average Bonchev–Trinajstić information content (AvgIpc) is 2.27. The molecule has 1 aromatic rings. The van der Waals surface area contributed by atoms with Crippen LogP contribution in [0.15, 0.2) is 24.3 Å². The van der Waals surface area contributed by atoms with Gasteiger partial charge in [-0.1, -0.05) is 12.1 Å². The van der Waals surface area contributed by atoms with Gasteiger partial charge in [0.1, 0.15) is 5.82 Å². The number of rotatable bonds is 5. The number of benzene rings is 1. The van der Waals surface area contributed by atoms with Crippen molar-refractivity contribution in [2.24, 2.45) is 0 Å². The van der Waals surface area contributed by atoms with Crippen molar-refractivity contribution in [3.8, 4) is 0 Å². The minimum absolute atomic E-state index is 0.309. The van der Waals surface area contributed by atoms with Crippen molar-refractivity contribution in [1.82, 2.24) is 5.32 Å². The van der Waals surface area contributed by atoms with E-state index in [0.717, 1.165) is 0 Å². The summed E-state index contributed by atoms with van der Waals surface area (Å²) in [4.78, 5) is 0. The monoisotopic (exact) mass is 241 g/mol. The summed E-state index contributed by atoms with van der Waals surface area (Å²) in [6.45, 7) is 5.71. The Kier molecular flexibility index (Phi) is 4.62. The average molecular weight is 241 g/mol. The van der Waals surface area contributed by atoms with Gasteiger partial charge < -0.3 is 15.5 Å². The van der Waals surface area contributed by atoms with Gasteiger partial charge in [0.15, 0.2) is 0 Å². The molecule has 2 atom stereocenters. The van der Waals surface area contributed by atoms with Crippen molar-refractivity contribution in [2.45, 2.75) is 38.5 Å². The zero-order valence-corrected chi connectivity index (χ0v) is 10.4. The standard InChI is InChI=1S/C13H20FNO2/c1-9(16)13(2,3)15-8-12(17)10-4-6-11(14)7-5-10/h4-7,9,12,15-17H,8H2,1-3H3. The molecule has 0 aliphatic rings. The highest BCUT2D eigenvalue weighted by atomic mass is 19.1. The summed E-state index contributed by atoms with van der Waals surface area (Å²) in [7, 11) is 0. The minimum Gasteiger partial charge on any atom is -0.392 e. The van der Waals surface area contributed by atoms with E-state index in [1.54, 1.807) is 19.1 Å². The summed E-state index contributed by atoms with van der Waals surface area (Å²) in [5, 5.41) is 22.5. The first-order valence-electron chi connectivity index (χ1n) is 5.69. The molecular formula is C13H20FNO2. The Morgan fingerprint density at radius 1 is 1.24 bits per heavy atom. The van der Waals surface area contributed by atoms with Crippen molar-refractivity contribution in [3.63, 3.8) is 0 Å². The van der Waals surface area contributed by atoms with Crippen molar-refractivity contribution < 1.29 is 14.6 Å². The van der Waals surface area contributed by atoms with E-state index in [-0.39, 0.29) is 5.82 Å². The SMILES string of the molecule is CC(O)C(C)(C)NCC(O)c1ccc(F)cc1. The number of aliphatic hydroxyl groups is 2. The van der Waals surface area contributed by atoms with E-state index in [1.807, 2.05) is 13.8 Å². The fraction of sp³-hybridized carbons (Fsp3) is 0.538. The Bertz CT molecular complexity index is 349. The van der Waals surface area contributed by atoms with Gasteiger partial charge in [-0.2, -0.15) is 0 Å². The van der Waals surface area contributed by atoms with Crippen LogP contribution in [0.25, 0.3) is 0 Å². The molecule has 0 spiro atoms. The number of hydrogen-bond acceptors (Lipinski definition) is 3. The maximum Gasteiger partial charge on any atom is 0.123 e. The third-order valence-electron chi connectivity index (χ3n) is 3.05. The molecule has 4 heteroatoms. The second-order valence-corrected chi connectivity index (χ2v) is 4.85. The van der Waals surface area contributed by atoms with E-state index < -0.39 is 17.7 Å². The number of aliphatic hydroxyl groups excluding tert-OH is 2. The smallest absolute Gasteiger partial charge is 0.123 e. The number of nitrogens with one attached hydrogen (secondary N) is 1. The maximum atomic E-state index is 12.7. The van der Waals surface area contributed by atoms with Crippen molar-refractivity contribution >= 4 is 0 Å². The van der Waals surface area contributed by atoms with E-state index in [1.165, 1.54) is 12.1 Å². The Morgan fingerprint density at radius 2 is 1.76 bits per heavy atom. The summed E-state index contributed by atoms with van der Waals surface area (Å²) in [5.74, 6) is -0.321. The van der Waals surface area contributed by atoms with Crippen LogP contribution in [0.4, 0.5) is 4.39 Å². The predicted molar refractivity (Wildman–Crippen MR) is 65.1 cm³/mol. The van der Waals surface area contributed by atoms with Gasteiger partial charge in [0.05, 0.1) is 12.2 Å². The fourth-order valence-corrected chi connectivity index (χ4v) is 1.31. The highest BCUT2D eigenvalue weighted by Crippen LogP contribution is 2.15. The van der Waals surface area contributed by atoms with Gasteiger partial charge in [-0.05, 0) is 38.5 Å². The van der Waals surface area contributed by atoms with Crippen LogP contribution in [0, 0.1) is 5.82 Å². The highest BCUT2D eigenvalue weighted by Gasteiger charge is 2.24. The van der Waals surface area contributed by atoms with Crippen molar-refractivity contribution in [1.29, 1.82) is 0 Å². The molecule has 0 saturated carbocycles. The highest BCUT2D eigenvalue weighted by molar-refractivity contribution is 5.18. The molecule has 0 heterocycles. The van der Waals surface area contributed by atoms with Gasteiger partial charge in [-0.25, -0.2) is 4.39 Å². The van der Waals surface area contributed by atoms with Crippen LogP contribution in [0.2, 0.25) is 0 Å². The van der Waals surface area contributed by atoms with Gasteiger partial charge in [0.2, 0.25) is 0 Å². The summed E-state index contributed by atoms with van der Waals surface area (Å²) in [5.41, 5.74) is 0.182. The van der Waals surface area contributed by atoms with Gasteiger partial charge in [0, 0.05) is 12.1 Å². The Balaban J connectivity index is 2.55. The second-order valence-electron chi connectivity index (χ2n) is 4.85. The van der Waals surface area contributed by atoms with Crippen LogP contribution in [0.3, 0.4) is 0 Å². The molecule has 3 nitrogen and oxygen atoms in total. The molecule has 1 aromatic carbocycles. The molecule has 0 aliphatic heterocycles. The first-order chi connectivity index (χ1) is 7.83. The molecule has 1 rings (SSSR count). The molecule has 0 fully saturated rings. The number of β-amino-alcohol motifs (C(OH)–C–C–N with tert-alkyl or cyclic N) is 1. The predicted octanol–water partition coefficient (Wildman–Crippen LogP) is 1.61. The van der Waals surface area contributed by atoms with Crippen LogP contribution < -0.4 is 5.32 Å². The summed E-state index contributed by atoms with van der Waals surface area (Å²) < 4.78 is 12.7. The van der Waals surface area contributed by atoms with Crippen LogP contribution in [0.1, 0.15) is 32.4 Å². The van der Waals surface area contributed by atoms with Gasteiger partial charge in [-0.3, -0.25) is 0 Å². The van der Waals surface area contributed by atoms with Crippen LogP contribution in [-0.2, 0) is 0 Å².